The van der Waals surface area contributed by atoms with Crippen molar-refractivity contribution in [3.63, 3.8) is 0 Å². The quantitative estimate of drug-likeness (QED) is 0.618. The molecule has 0 rings (SSSR count). The number of sulfone groups is 1. The van der Waals surface area contributed by atoms with Crippen molar-refractivity contribution in [3.05, 3.63) is 12.7 Å². The van der Waals surface area contributed by atoms with E-state index < -0.39 is 15.9 Å². The first kappa shape index (κ1) is 10.7. The fraction of sp³-hybridized carbons (Fsp3) is 0.714. The Hall–Kier alpha value is -0.350. The van der Waals surface area contributed by atoms with E-state index >= 15 is 0 Å². The van der Waals surface area contributed by atoms with Crippen molar-refractivity contribution in [3.8, 4) is 0 Å². The Labute approximate surface area is 67.7 Å². The third-order valence-electron chi connectivity index (χ3n) is 1.26. The summed E-state index contributed by atoms with van der Waals surface area (Å²) in [5, 5.41) is 9.08. The molecule has 0 heterocycles. The molecule has 0 amide bonds. The van der Waals surface area contributed by atoms with Gasteiger partial charge in [-0.05, 0) is 12.8 Å². The lowest BCUT2D eigenvalue weighted by molar-refractivity contribution is 0.174. The van der Waals surface area contributed by atoms with Crippen LogP contribution in [0.3, 0.4) is 0 Å². The molecular weight excluding hydrogens is 164 g/mol. The van der Waals surface area contributed by atoms with E-state index in [4.69, 9.17) is 5.11 Å². The third-order valence-corrected chi connectivity index (χ3v) is 2.24. The minimum Gasteiger partial charge on any atom is -0.393 e. The first-order valence-electron chi connectivity index (χ1n) is 3.42. The molecule has 0 aromatic rings. The van der Waals surface area contributed by atoms with Gasteiger partial charge in [0, 0.05) is 6.26 Å². The van der Waals surface area contributed by atoms with Crippen LogP contribution in [0.25, 0.3) is 0 Å². The van der Waals surface area contributed by atoms with Crippen molar-refractivity contribution in [2.45, 2.75) is 18.9 Å². The van der Waals surface area contributed by atoms with Gasteiger partial charge in [0.15, 0.2) is 0 Å². The van der Waals surface area contributed by atoms with Crippen LogP contribution in [0.5, 0.6) is 0 Å². The first-order valence-corrected chi connectivity index (χ1v) is 5.48. The van der Waals surface area contributed by atoms with Crippen LogP contribution < -0.4 is 0 Å². The van der Waals surface area contributed by atoms with Crippen LogP contribution in [0.2, 0.25) is 0 Å². The largest absolute Gasteiger partial charge is 0.393 e. The van der Waals surface area contributed by atoms with Crippen LogP contribution in [-0.2, 0) is 9.84 Å². The van der Waals surface area contributed by atoms with Crippen molar-refractivity contribution in [1.29, 1.82) is 0 Å². The van der Waals surface area contributed by atoms with Gasteiger partial charge in [-0.15, -0.1) is 6.58 Å². The fourth-order valence-corrected chi connectivity index (χ4v) is 1.36. The number of rotatable bonds is 5. The molecule has 3 nitrogen and oxygen atoms in total. The van der Waals surface area contributed by atoms with E-state index in [0.717, 1.165) is 6.26 Å². The van der Waals surface area contributed by atoms with Crippen LogP contribution >= 0.6 is 0 Å². The fourth-order valence-electron chi connectivity index (χ4n) is 0.660. The summed E-state index contributed by atoms with van der Waals surface area (Å²) < 4.78 is 21.2. The maximum atomic E-state index is 10.6. The SMILES string of the molecule is C=CCC(O)CCS(C)(=O)=O. The van der Waals surface area contributed by atoms with Crippen molar-refractivity contribution >= 4 is 9.84 Å². The average molecular weight is 178 g/mol. The molecule has 0 fully saturated rings. The van der Waals surface area contributed by atoms with Crippen LogP contribution in [-0.4, -0.2) is 31.6 Å². The maximum Gasteiger partial charge on any atom is 0.147 e. The molecule has 0 bridgehead atoms. The minimum absolute atomic E-state index is 0.0437. The van der Waals surface area contributed by atoms with Crippen molar-refractivity contribution in [2.24, 2.45) is 0 Å². The lowest BCUT2D eigenvalue weighted by Gasteiger charge is -2.05. The normalized spacial score (nSPS) is 14.4. The molecule has 66 valence electrons. The van der Waals surface area contributed by atoms with Gasteiger partial charge in [-0.1, -0.05) is 6.08 Å². The first-order chi connectivity index (χ1) is 4.95. The average Bonchev–Trinajstić information content (AvgIpc) is 1.83. The molecule has 0 aliphatic rings. The van der Waals surface area contributed by atoms with E-state index in [0.29, 0.717) is 12.8 Å². The molecule has 0 saturated carbocycles. The van der Waals surface area contributed by atoms with E-state index in [1.165, 1.54) is 0 Å². The zero-order valence-electron chi connectivity index (χ0n) is 6.66. The molecule has 11 heavy (non-hydrogen) atoms. The van der Waals surface area contributed by atoms with Crippen LogP contribution in [0.1, 0.15) is 12.8 Å². The van der Waals surface area contributed by atoms with E-state index in [-0.39, 0.29) is 5.75 Å². The van der Waals surface area contributed by atoms with Crippen LogP contribution in [0.15, 0.2) is 12.7 Å². The summed E-state index contributed by atoms with van der Waals surface area (Å²) in [6.07, 6.45) is 2.92. The summed E-state index contributed by atoms with van der Waals surface area (Å²) in [6.45, 7) is 3.44. The molecular formula is C7H14O3S. The summed E-state index contributed by atoms with van der Waals surface area (Å²) in [7, 11) is -2.93. The Morgan fingerprint density at radius 2 is 2.18 bits per heavy atom. The molecule has 0 radical (unpaired) electrons. The van der Waals surface area contributed by atoms with Gasteiger partial charge in [0.05, 0.1) is 11.9 Å². The van der Waals surface area contributed by atoms with Gasteiger partial charge in [-0.2, -0.15) is 0 Å². The van der Waals surface area contributed by atoms with E-state index in [2.05, 4.69) is 6.58 Å². The zero-order valence-corrected chi connectivity index (χ0v) is 7.47. The Balaban J connectivity index is 3.62. The zero-order chi connectivity index (χ0) is 8.91. The van der Waals surface area contributed by atoms with Crippen LogP contribution in [0.4, 0.5) is 0 Å². The summed E-state index contributed by atoms with van der Waals surface area (Å²) >= 11 is 0. The number of hydrogen-bond donors (Lipinski definition) is 1. The Morgan fingerprint density at radius 3 is 2.55 bits per heavy atom. The van der Waals surface area contributed by atoms with E-state index in [9.17, 15) is 8.42 Å². The van der Waals surface area contributed by atoms with E-state index in [1.54, 1.807) is 6.08 Å². The minimum atomic E-state index is -2.93. The van der Waals surface area contributed by atoms with Crippen molar-refractivity contribution in [1.82, 2.24) is 0 Å². The standard InChI is InChI=1S/C7H14O3S/c1-3-4-7(8)5-6-11(2,9)10/h3,7-8H,1,4-6H2,2H3. The highest BCUT2D eigenvalue weighted by atomic mass is 32.2. The molecule has 0 saturated heterocycles. The molecule has 1 atom stereocenters. The lowest BCUT2D eigenvalue weighted by atomic mass is 10.2. The molecule has 0 aromatic carbocycles. The van der Waals surface area contributed by atoms with Crippen molar-refractivity contribution in [2.75, 3.05) is 12.0 Å². The topological polar surface area (TPSA) is 54.4 Å². The predicted molar refractivity (Wildman–Crippen MR) is 45.1 cm³/mol. The van der Waals surface area contributed by atoms with Gasteiger partial charge in [0.1, 0.15) is 9.84 Å². The lowest BCUT2D eigenvalue weighted by Crippen LogP contribution is -2.12. The van der Waals surface area contributed by atoms with Crippen molar-refractivity contribution < 1.29 is 13.5 Å². The molecule has 0 spiro atoms. The Morgan fingerprint density at radius 1 is 1.64 bits per heavy atom. The molecule has 1 N–H and O–H groups in total. The molecule has 0 aromatic heterocycles. The monoisotopic (exact) mass is 178 g/mol. The van der Waals surface area contributed by atoms with Gasteiger partial charge in [0.25, 0.3) is 0 Å². The molecule has 1 unspecified atom stereocenters. The van der Waals surface area contributed by atoms with Gasteiger partial charge >= 0.3 is 0 Å². The maximum absolute atomic E-state index is 10.6. The van der Waals surface area contributed by atoms with Gasteiger partial charge in [-0.25, -0.2) is 8.42 Å². The summed E-state index contributed by atoms with van der Waals surface area (Å²) in [6, 6.07) is 0. The van der Waals surface area contributed by atoms with E-state index in [1.807, 2.05) is 0 Å². The third kappa shape index (κ3) is 7.55. The number of aliphatic hydroxyl groups excluding tert-OH is 1. The highest BCUT2D eigenvalue weighted by Gasteiger charge is 2.06. The van der Waals surface area contributed by atoms with Gasteiger partial charge < -0.3 is 5.11 Å². The smallest absolute Gasteiger partial charge is 0.147 e. The Kier molecular flexibility index (Phi) is 4.37. The second-order valence-corrected chi connectivity index (χ2v) is 4.86. The molecule has 0 aliphatic heterocycles. The predicted octanol–water partition coefficient (Wildman–Crippen LogP) is 0.358. The summed E-state index contributed by atoms with van der Waals surface area (Å²) in [5.74, 6) is 0.0437. The summed E-state index contributed by atoms with van der Waals surface area (Å²) in [5.41, 5.74) is 0. The second-order valence-electron chi connectivity index (χ2n) is 2.60. The molecule has 4 heteroatoms. The number of aliphatic hydroxyl groups is 1. The van der Waals surface area contributed by atoms with Gasteiger partial charge in [0.2, 0.25) is 0 Å². The van der Waals surface area contributed by atoms with Crippen LogP contribution in [0, 0.1) is 0 Å². The number of hydrogen-bond acceptors (Lipinski definition) is 3. The summed E-state index contributed by atoms with van der Waals surface area (Å²) in [4.78, 5) is 0. The second kappa shape index (κ2) is 4.51. The highest BCUT2D eigenvalue weighted by Crippen LogP contribution is 2.00. The van der Waals surface area contributed by atoms with Gasteiger partial charge in [-0.3, -0.25) is 0 Å². The Bertz CT molecular complexity index is 206. The molecule has 0 aliphatic carbocycles. The highest BCUT2D eigenvalue weighted by molar-refractivity contribution is 7.90.